The summed E-state index contributed by atoms with van der Waals surface area (Å²) < 4.78 is 13.6. The molecule has 0 bridgehead atoms. The van der Waals surface area contributed by atoms with E-state index in [1.165, 1.54) is 12.4 Å². The van der Waals surface area contributed by atoms with Crippen LogP contribution in [0, 0.1) is 18.7 Å². The van der Waals surface area contributed by atoms with Crippen LogP contribution < -0.4 is 5.32 Å². The van der Waals surface area contributed by atoms with Crippen LogP contribution in [0.5, 0.6) is 0 Å². The summed E-state index contributed by atoms with van der Waals surface area (Å²) in [6.07, 6.45) is 5.98. The summed E-state index contributed by atoms with van der Waals surface area (Å²) in [6.45, 7) is 3.33. The third-order valence-electron chi connectivity index (χ3n) is 5.16. The molecule has 148 valence electrons. The monoisotopic (exact) mass is 384 g/mol. The number of nitrogens with zero attached hydrogens (tertiary/aromatic N) is 3. The molecule has 6 nitrogen and oxygen atoms in total. The van der Waals surface area contributed by atoms with E-state index in [1.54, 1.807) is 31.3 Å². The molecule has 2 heterocycles. The molecule has 2 aromatic rings. The number of halogens is 1. The zero-order valence-electron chi connectivity index (χ0n) is 16.0. The summed E-state index contributed by atoms with van der Waals surface area (Å²) in [4.78, 5) is 34.7. The Morgan fingerprint density at radius 1 is 1.32 bits per heavy atom. The van der Waals surface area contributed by atoms with Gasteiger partial charge in [0.2, 0.25) is 5.91 Å². The highest BCUT2D eigenvalue weighted by Crippen LogP contribution is 2.23. The molecule has 1 N–H and O–H groups in total. The van der Waals surface area contributed by atoms with Gasteiger partial charge in [0.1, 0.15) is 12.1 Å². The average molecular weight is 384 g/mol. The highest BCUT2D eigenvalue weighted by atomic mass is 19.1. The number of amides is 2. The number of rotatable bonds is 6. The molecule has 0 radical (unpaired) electrons. The summed E-state index contributed by atoms with van der Waals surface area (Å²) in [7, 11) is 0. The van der Waals surface area contributed by atoms with Crippen LogP contribution >= 0.6 is 0 Å². The van der Waals surface area contributed by atoms with Crippen molar-refractivity contribution < 1.29 is 14.0 Å². The fourth-order valence-electron chi connectivity index (χ4n) is 3.52. The molecule has 1 atom stereocenters. The molecule has 1 aliphatic rings. The van der Waals surface area contributed by atoms with Gasteiger partial charge in [0, 0.05) is 37.8 Å². The standard InChI is InChI=1S/C21H25FN4O2/c1-15-18(12-23-14-25-15)21(28)26-10-4-5-16(13-26)8-9-20(27)24-11-17-6-2-3-7-19(17)22/h2-3,6-7,12,14,16H,4-5,8-11,13H2,1H3,(H,24,27)/t16-/m0/s1. The molecule has 1 aromatic heterocycles. The van der Waals surface area contributed by atoms with Gasteiger partial charge in [-0.15, -0.1) is 0 Å². The summed E-state index contributed by atoms with van der Waals surface area (Å²) in [5.74, 6) is -0.183. The van der Waals surface area contributed by atoms with Crippen molar-refractivity contribution in [2.24, 2.45) is 5.92 Å². The zero-order chi connectivity index (χ0) is 19.9. The number of hydrogen-bond donors (Lipinski definition) is 1. The summed E-state index contributed by atoms with van der Waals surface area (Å²) in [6, 6.07) is 6.42. The van der Waals surface area contributed by atoms with Crippen LogP contribution in [0.3, 0.4) is 0 Å². The van der Waals surface area contributed by atoms with E-state index in [0.717, 1.165) is 12.8 Å². The van der Waals surface area contributed by atoms with Gasteiger partial charge in [-0.2, -0.15) is 0 Å². The maximum atomic E-state index is 13.6. The second-order valence-corrected chi connectivity index (χ2v) is 7.19. The summed E-state index contributed by atoms with van der Waals surface area (Å²) in [5.41, 5.74) is 1.69. The largest absolute Gasteiger partial charge is 0.352 e. The number of nitrogens with one attached hydrogen (secondary N) is 1. The topological polar surface area (TPSA) is 75.2 Å². The number of aryl methyl sites for hydroxylation is 1. The normalized spacial score (nSPS) is 16.6. The number of hydrogen-bond acceptors (Lipinski definition) is 4. The first-order valence-corrected chi connectivity index (χ1v) is 9.60. The van der Waals surface area contributed by atoms with Crippen molar-refractivity contribution in [2.45, 2.75) is 39.2 Å². The summed E-state index contributed by atoms with van der Waals surface area (Å²) in [5, 5.41) is 2.77. The van der Waals surface area contributed by atoms with Crippen molar-refractivity contribution >= 4 is 11.8 Å². The smallest absolute Gasteiger partial charge is 0.257 e. The molecule has 0 unspecified atom stereocenters. The second kappa shape index (κ2) is 9.39. The lowest BCUT2D eigenvalue weighted by Gasteiger charge is -2.33. The Bertz CT molecular complexity index is 843. The van der Waals surface area contributed by atoms with Crippen molar-refractivity contribution in [2.75, 3.05) is 13.1 Å². The molecule has 1 fully saturated rings. The third-order valence-corrected chi connectivity index (χ3v) is 5.16. The van der Waals surface area contributed by atoms with Gasteiger partial charge in [0.25, 0.3) is 5.91 Å². The van der Waals surface area contributed by atoms with Gasteiger partial charge in [0.05, 0.1) is 11.3 Å². The quantitative estimate of drug-likeness (QED) is 0.831. The van der Waals surface area contributed by atoms with Crippen molar-refractivity contribution in [1.29, 1.82) is 0 Å². The first-order valence-electron chi connectivity index (χ1n) is 9.60. The molecule has 7 heteroatoms. The molecule has 0 saturated carbocycles. The van der Waals surface area contributed by atoms with Crippen LogP contribution in [0.25, 0.3) is 0 Å². The predicted molar refractivity (Wildman–Crippen MR) is 103 cm³/mol. The molecular weight excluding hydrogens is 359 g/mol. The lowest BCUT2D eigenvalue weighted by atomic mass is 9.92. The molecule has 3 rings (SSSR count). The molecular formula is C21H25FN4O2. The van der Waals surface area contributed by atoms with Gasteiger partial charge in [-0.25, -0.2) is 14.4 Å². The first-order chi connectivity index (χ1) is 13.5. The Hall–Kier alpha value is -2.83. The van der Waals surface area contributed by atoms with Crippen LogP contribution in [-0.2, 0) is 11.3 Å². The molecule has 0 aliphatic carbocycles. The minimum atomic E-state index is -0.315. The minimum Gasteiger partial charge on any atom is -0.352 e. The highest BCUT2D eigenvalue weighted by Gasteiger charge is 2.26. The number of likely N-dealkylation sites (tertiary alicyclic amines) is 1. The van der Waals surface area contributed by atoms with Gasteiger partial charge in [0.15, 0.2) is 0 Å². The maximum absolute atomic E-state index is 13.6. The minimum absolute atomic E-state index is 0.0493. The summed E-state index contributed by atoms with van der Waals surface area (Å²) >= 11 is 0. The molecule has 1 aliphatic heterocycles. The number of carbonyl (C=O) groups is 2. The third kappa shape index (κ3) is 5.12. The highest BCUT2D eigenvalue weighted by molar-refractivity contribution is 5.94. The van der Waals surface area contributed by atoms with Crippen molar-refractivity contribution in [3.63, 3.8) is 0 Å². The fourth-order valence-corrected chi connectivity index (χ4v) is 3.52. The van der Waals surface area contributed by atoms with Crippen molar-refractivity contribution in [3.05, 3.63) is 59.4 Å². The van der Waals surface area contributed by atoms with Crippen LogP contribution in [0.4, 0.5) is 4.39 Å². The average Bonchev–Trinajstić information content (AvgIpc) is 2.72. The van der Waals surface area contributed by atoms with Crippen LogP contribution in [0.2, 0.25) is 0 Å². The maximum Gasteiger partial charge on any atom is 0.257 e. The number of carbonyl (C=O) groups excluding carboxylic acids is 2. The van der Waals surface area contributed by atoms with Gasteiger partial charge in [-0.05, 0) is 38.2 Å². The Balaban J connectivity index is 1.47. The Kier molecular flexibility index (Phi) is 6.68. The molecule has 1 aromatic carbocycles. The fraction of sp³-hybridized carbons (Fsp3) is 0.429. The Morgan fingerprint density at radius 2 is 2.14 bits per heavy atom. The van der Waals surface area contributed by atoms with Crippen LogP contribution in [-0.4, -0.2) is 39.8 Å². The number of benzene rings is 1. The van der Waals surface area contributed by atoms with Crippen LogP contribution in [0.15, 0.2) is 36.8 Å². The zero-order valence-corrected chi connectivity index (χ0v) is 16.0. The molecule has 0 spiro atoms. The van der Waals surface area contributed by atoms with E-state index < -0.39 is 0 Å². The Morgan fingerprint density at radius 3 is 2.93 bits per heavy atom. The van der Waals surface area contributed by atoms with Gasteiger partial charge >= 0.3 is 0 Å². The van der Waals surface area contributed by atoms with E-state index in [4.69, 9.17) is 0 Å². The first kappa shape index (κ1) is 19.9. The van der Waals surface area contributed by atoms with E-state index in [9.17, 15) is 14.0 Å². The van der Waals surface area contributed by atoms with E-state index in [1.807, 2.05) is 4.90 Å². The van der Waals surface area contributed by atoms with E-state index >= 15 is 0 Å². The SMILES string of the molecule is Cc1ncncc1C(=O)N1CCC[C@@H](CCC(=O)NCc2ccccc2F)C1. The second-order valence-electron chi connectivity index (χ2n) is 7.19. The molecule has 1 saturated heterocycles. The van der Waals surface area contributed by atoms with E-state index in [2.05, 4.69) is 15.3 Å². The Labute approximate surface area is 164 Å². The number of aromatic nitrogens is 2. The molecule has 28 heavy (non-hydrogen) atoms. The molecule has 2 amide bonds. The van der Waals surface area contributed by atoms with Crippen LogP contribution in [0.1, 0.15) is 47.3 Å². The predicted octanol–water partition coefficient (Wildman–Crippen LogP) is 2.87. The lowest BCUT2D eigenvalue weighted by Crippen LogP contribution is -2.40. The number of piperidine rings is 1. The van der Waals surface area contributed by atoms with E-state index in [-0.39, 0.29) is 30.1 Å². The van der Waals surface area contributed by atoms with Gasteiger partial charge in [-0.1, -0.05) is 18.2 Å². The van der Waals surface area contributed by atoms with Crippen molar-refractivity contribution in [1.82, 2.24) is 20.2 Å². The van der Waals surface area contributed by atoms with Gasteiger partial charge < -0.3 is 10.2 Å². The van der Waals surface area contributed by atoms with Gasteiger partial charge in [-0.3, -0.25) is 9.59 Å². The van der Waals surface area contributed by atoms with E-state index in [0.29, 0.717) is 42.8 Å². The van der Waals surface area contributed by atoms with Crippen molar-refractivity contribution in [3.8, 4) is 0 Å². The lowest BCUT2D eigenvalue weighted by molar-refractivity contribution is -0.121.